The zero-order valence-corrected chi connectivity index (χ0v) is 22.9. The summed E-state index contributed by atoms with van der Waals surface area (Å²) >= 11 is 0. The number of hydrogen-bond donors (Lipinski definition) is 1. The van der Waals surface area contributed by atoms with Gasteiger partial charge in [0, 0.05) is 31.7 Å². The highest BCUT2D eigenvalue weighted by atomic mass is 16.6. The standard InChI is InChI=1S/C29H34N2O9/c1-35-22-16-19(17-23(36-2)28(22)37-3)25-24(26(32)18-5-6-20-21(15-18)40-14-13-39-20)27(33)29(34)31(25)8-4-7-30-9-11-38-12-10-30/h5-6,15-17,25,32H,4,7-14H2,1-3H3/t25-/m0/s1. The Morgan fingerprint density at radius 3 is 2.23 bits per heavy atom. The summed E-state index contributed by atoms with van der Waals surface area (Å²) in [5.41, 5.74) is 0.856. The third-order valence-corrected chi connectivity index (χ3v) is 7.34. The van der Waals surface area contributed by atoms with Crippen LogP contribution in [0.3, 0.4) is 0 Å². The van der Waals surface area contributed by atoms with E-state index >= 15 is 0 Å². The van der Waals surface area contributed by atoms with Crippen molar-refractivity contribution in [1.82, 2.24) is 9.80 Å². The van der Waals surface area contributed by atoms with Crippen LogP contribution in [0.25, 0.3) is 5.76 Å². The molecule has 1 atom stereocenters. The van der Waals surface area contributed by atoms with Crippen LogP contribution >= 0.6 is 0 Å². The van der Waals surface area contributed by atoms with Crippen LogP contribution in [0.15, 0.2) is 35.9 Å². The number of aliphatic hydroxyl groups is 1. The summed E-state index contributed by atoms with van der Waals surface area (Å²) < 4.78 is 33.3. The van der Waals surface area contributed by atoms with Gasteiger partial charge in [-0.3, -0.25) is 14.5 Å². The molecule has 214 valence electrons. The first kappa shape index (κ1) is 27.6. The van der Waals surface area contributed by atoms with E-state index in [4.69, 9.17) is 28.4 Å². The van der Waals surface area contributed by atoms with Gasteiger partial charge in [0.1, 0.15) is 19.0 Å². The number of carbonyl (C=O) groups is 2. The Morgan fingerprint density at radius 2 is 1.57 bits per heavy atom. The lowest BCUT2D eigenvalue weighted by Gasteiger charge is -2.29. The van der Waals surface area contributed by atoms with E-state index in [0.717, 1.165) is 19.6 Å². The highest BCUT2D eigenvalue weighted by Crippen LogP contribution is 2.46. The maximum absolute atomic E-state index is 13.5. The first-order chi connectivity index (χ1) is 19.5. The summed E-state index contributed by atoms with van der Waals surface area (Å²) in [6, 6.07) is 7.44. The van der Waals surface area contributed by atoms with Gasteiger partial charge in [-0.15, -0.1) is 0 Å². The zero-order chi connectivity index (χ0) is 28.2. The van der Waals surface area contributed by atoms with Crippen molar-refractivity contribution in [2.24, 2.45) is 0 Å². The molecule has 11 nitrogen and oxygen atoms in total. The fourth-order valence-electron chi connectivity index (χ4n) is 5.35. The fourth-order valence-corrected chi connectivity index (χ4v) is 5.35. The number of benzene rings is 2. The van der Waals surface area contributed by atoms with Crippen LogP contribution in [-0.2, 0) is 14.3 Å². The molecule has 40 heavy (non-hydrogen) atoms. The average molecular weight is 555 g/mol. The number of ketones is 1. The number of amides is 1. The van der Waals surface area contributed by atoms with Gasteiger partial charge in [-0.1, -0.05) is 0 Å². The molecule has 11 heteroatoms. The van der Waals surface area contributed by atoms with Gasteiger partial charge in [0.05, 0.1) is 46.2 Å². The molecule has 2 aromatic rings. The van der Waals surface area contributed by atoms with Crippen molar-refractivity contribution >= 4 is 17.4 Å². The molecule has 3 aliphatic rings. The number of Topliss-reactive ketones (excluding diaryl/α,β-unsaturated/α-hetero) is 1. The van der Waals surface area contributed by atoms with Gasteiger partial charge in [0.25, 0.3) is 11.7 Å². The summed E-state index contributed by atoms with van der Waals surface area (Å²) in [6.45, 7) is 4.83. The molecule has 2 fully saturated rings. The molecule has 1 amide bonds. The Balaban J connectivity index is 1.57. The first-order valence-corrected chi connectivity index (χ1v) is 13.2. The van der Waals surface area contributed by atoms with E-state index in [9.17, 15) is 14.7 Å². The molecule has 5 rings (SSSR count). The second kappa shape index (κ2) is 12.1. The quantitative estimate of drug-likeness (QED) is 0.282. The summed E-state index contributed by atoms with van der Waals surface area (Å²) in [6.07, 6.45) is 0.637. The lowest BCUT2D eigenvalue weighted by molar-refractivity contribution is -0.140. The van der Waals surface area contributed by atoms with Crippen molar-refractivity contribution in [3.63, 3.8) is 0 Å². The molecule has 0 aliphatic carbocycles. The number of hydrogen-bond acceptors (Lipinski definition) is 10. The van der Waals surface area contributed by atoms with Gasteiger partial charge in [-0.25, -0.2) is 0 Å². The fraction of sp³-hybridized carbons (Fsp3) is 0.448. The molecule has 3 heterocycles. The number of aliphatic hydroxyl groups excluding tert-OH is 1. The lowest BCUT2D eigenvalue weighted by atomic mass is 9.94. The van der Waals surface area contributed by atoms with Crippen LogP contribution in [0.4, 0.5) is 0 Å². The van der Waals surface area contributed by atoms with E-state index in [1.807, 2.05) is 0 Å². The Morgan fingerprint density at radius 1 is 0.900 bits per heavy atom. The Hall–Kier alpha value is -3.96. The van der Waals surface area contributed by atoms with Crippen molar-refractivity contribution in [2.75, 3.05) is 73.9 Å². The highest BCUT2D eigenvalue weighted by molar-refractivity contribution is 6.46. The SMILES string of the molecule is COc1cc([C@H]2C(=C(O)c3ccc4c(c3)OCCO4)C(=O)C(=O)N2CCCN2CCOCC2)cc(OC)c1OC. The lowest BCUT2D eigenvalue weighted by Crippen LogP contribution is -2.39. The van der Waals surface area contributed by atoms with Crippen molar-refractivity contribution < 1.29 is 43.1 Å². The van der Waals surface area contributed by atoms with E-state index in [2.05, 4.69) is 4.90 Å². The van der Waals surface area contributed by atoms with E-state index in [-0.39, 0.29) is 11.3 Å². The minimum Gasteiger partial charge on any atom is -0.507 e. The molecule has 0 unspecified atom stereocenters. The van der Waals surface area contributed by atoms with Gasteiger partial charge < -0.3 is 38.4 Å². The van der Waals surface area contributed by atoms with Crippen molar-refractivity contribution in [1.29, 1.82) is 0 Å². The van der Waals surface area contributed by atoms with Crippen LogP contribution in [0, 0.1) is 0 Å². The van der Waals surface area contributed by atoms with E-state index in [0.29, 0.717) is 79.3 Å². The van der Waals surface area contributed by atoms with E-state index in [1.165, 1.54) is 26.2 Å². The van der Waals surface area contributed by atoms with Crippen LogP contribution in [0.2, 0.25) is 0 Å². The largest absolute Gasteiger partial charge is 0.507 e. The van der Waals surface area contributed by atoms with E-state index in [1.54, 1.807) is 30.3 Å². The zero-order valence-electron chi connectivity index (χ0n) is 22.9. The minimum absolute atomic E-state index is 0.0256. The molecule has 1 N–H and O–H groups in total. The maximum Gasteiger partial charge on any atom is 0.295 e. The van der Waals surface area contributed by atoms with Crippen molar-refractivity contribution in [3.8, 4) is 28.7 Å². The summed E-state index contributed by atoms with van der Waals surface area (Å²) in [4.78, 5) is 30.7. The second-order valence-electron chi connectivity index (χ2n) is 9.62. The second-order valence-corrected chi connectivity index (χ2v) is 9.62. The normalized spacial score (nSPS) is 20.5. The average Bonchev–Trinajstić information content (AvgIpc) is 3.25. The van der Waals surface area contributed by atoms with Gasteiger partial charge in [0.15, 0.2) is 23.0 Å². The molecule has 0 bridgehead atoms. The predicted octanol–water partition coefficient (Wildman–Crippen LogP) is 2.63. The van der Waals surface area contributed by atoms with E-state index < -0.39 is 17.7 Å². The maximum atomic E-state index is 13.5. The van der Waals surface area contributed by atoms with Gasteiger partial charge >= 0.3 is 0 Å². The summed E-state index contributed by atoms with van der Waals surface area (Å²) in [5.74, 6) is 0.379. The summed E-state index contributed by atoms with van der Waals surface area (Å²) in [7, 11) is 4.49. The number of likely N-dealkylation sites (tertiary alicyclic amines) is 1. The smallest absolute Gasteiger partial charge is 0.295 e. The van der Waals surface area contributed by atoms with Gasteiger partial charge in [0.2, 0.25) is 5.75 Å². The van der Waals surface area contributed by atoms with Gasteiger partial charge in [-0.2, -0.15) is 0 Å². The molecule has 3 aliphatic heterocycles. The van der Waals surface area contributed by atoms with Crippen LogP contribution in [-0.4, -0.2) is 101 Å². The molecule has 0 aromatic heterocycles. The Bertz CT molecular complexity index is 1280. The highest BCUT2D eigenvalue weighted by Gasteiger charge is 2.46. The molecule has 0 saturated carbocycles. The van der Waals surface area contributed by atoms with Crippen molar-refractivity contribution in [3.05, 3.63) is 47.0 Å². The topological polar surface area (TPSA) is 116 Å². The number of methoxy groups -OCH3 is 3. The number of morpholine rings is 1. The summed E-state index contributed by atoms with van der Waals surface area (Å²) in [5, 5.41) is 11.5. The molecular weight excluding hydrogens is 520 g/mol. The minimum atomic E-state index is -0.883. The number of rotatable bonds is 9. The van der Waals surface area contributed by atoms with Crippen LogP contribution in [0.1, 0.15) is 23.6 Å². The molecule has 0 radical (unpaired) electrons. The molecule has 2 saturated heterocycles. The number of fused-ring (bicyclic) bond motifs is 1. The predicted molar refractivity (Wildman–Crippen MR) is 144 cm³/mol. The molecular formula is C29H34N2O9. The van der Waals surface area contributed by atoms with Crippen molar-refractivity contribution in [2.45, 2.75) is 12.5 Å². The monoisotopic (exact) mass is 554 g/mol. The molecule has 0 spiro atoms. The molecule has 2 aromatic carbocycles. The third kappa shape index (κ3) is 5.26. The Labute approximate surface area is 232 Å². The van der Waals surface area contributed by atoms with Crippen LogP contribution < -0.4 is 23.7 Å². The van der Waals surface area contributed by atoms with Gasteiger partial charge in [-0.05, 0) is 42.3 Å². The number of carbonyl (C=O) groups excluding carboxylic acids is 2. The number of ether oxygens (including phenoxy) is 6. The van der Waals surface area contributed by atoms with Crippen LogP contribution in [0.5, 0.6) is 28.7 Å². The third-order valence-electron chi connectivity index (χ3n) is 7.34. The first-order valence-electron chi connectivity index (χ1n) is 13.2. The number of nitrogens with zero attached hydrogens (tertiary/aromatic N) is 2. The Kier molecular flexibility index (Phi) is 8.32.